The van der Waals surface area contributed by atoms with Gasteiger partial charge in [0.05, 0.1) is 11.9 Å². The van der Waals surface area contributed by atoms with Crippen molar-refractivity contribution in [1.29, 1.82) is 0 Å². The predicted octanol–water partition coefficient (Wildman–Crippen LogP) is 4.75. The van der Waals surface area contributed by atoms with Gasteiger partial charge in [-0.25, -0.2) is 13.9 Å². The van der Waals surface area contributed by atoms with E-state index in [1.54, 1.807) is 6.07 Å². The van der Waals surface area contributed by atoms with Gasteiger partial charge in [-0.3, -0.25) is 4.79 Å². The third-order valence-electron chi connectivity index (χ3n) is 6.84. The van der Waals surface area contributed by atoms with Crippen molar-refractivity contribution in [2.24, 2.45) is 0 Å². The molecule has 0 saturated carbocycles. The first-order valence-electron chi connectivity index (χ1n) is 12.7. The maximum atomic E-state index is 15.0. The number of ether oxygens (including phenoxy) is 2. The Balaban J connectivity index is 1.50. The standard InChI is InChI=1S/C25H32F4N4O5Si/c1-39(2,3)9-8-37-15-33-23(34)22(25(27,28)29)21(12-30-33)32-13-16-10-18(11-20(26)19(16)14-32)38-17-4-6-31(7-5-17)24(35)36/h10-12,17H,4-9,13-15H2,1-3H3,(H,35,36). The number of hydrogen-bond acceptors (Lipinski definition) is 6. The number of hydrogen-bond donors (Lipinski definition) is 1. The number of alkyl halides is 3. The van der Waals surface area contributed by atoms with Crippen molar-refractivity contribution in [3.63, 3.8) is 0 Å². The van der Waals surface area contributed by atoms with Crippen LogP contribution >= 0.6 is 0 Å². The SMILES string of the molecule is C[Si](C)(C)CCOCn1ncc(N2Cc3cc(OC4CCN(C(=O)O)CC4)cc(F)c3C2)c(C(F)(F)F)c1=O. The van der Waals surface area contributed by atoms with Gasteiger partial charge in [0.25, 0.3) is 5.56 Å². The molecular formula is C25H32F4N4O5Si. The van der Waals surface area contributed by atoms with Crippen molar-refractivity contribution in [2.45, 2.75) is 70.6 Å². The molecule has 1 aromatic heterocycles. The Kier molecular flexibility index (Phi) is 8.26. The van der Waals surface area contributed by atoms with E-state index in [0.29, 0.717) is 42.8 Å². The fourth-order valence-corrected chi connectivity index (χ4v) is 5.40. The van der Waals surface area contributed by atoms with Crippen LogP contribution in [0.25, 0.3) is 0 Å². The van der Waals surface area contributed by atoms with Crippen LogP contribution < -0.4 is 15.2 Å². The number of rotatable bonds is 8. The molecule has 1 aromatic carbocycles. The molecule has 0 radical (unpaired) electrons. The number of halogens is 4. The molecule has 2 aliphatic heterocycles. The van der Waals surface area contributed by atoms with Crippen molar-refractivity contribution < 1.29 is 36.9 Å². The zero-order chi connectivity index (χ0) is 28.5. The number of fused-ring (bicyclic) bond motifs is 1. The van der Waals surface area contributed by atoms with E-state index < -0.39 is 49.7 Å². The number of amides is 1. The predicted molar refractivity (Wildman–Crippen MR) is 137 cm³/mol. The van der Waals surface area contributed by atoms with E-state index in [-0.39, 0.29) is 30.5 Å². The average molecular weight is 573 g/mol. The van der Waals surface area contributed by atoms with Gasteiger partial charge in [0.1, 0.15) is 30.0 Å². The van der Waals surface area contributed by atoms with Crippen molar-refractivity contribution in [3.05, 3.63) is 51.2 Å². The van der Waals surface area contributed by atoms with Gasteiger partial charge in [0.2, 0.25) is 0 Å². The van der Waals surface area contributed by atoms with Gasteiger partial charge < -0.3 is 24.4 Å². The summed E-state index contributed by atoms with van der Waals surface area (Å²) in [5.74, 6) is -0.402. The van der Waals surface area contributed by atoms with Gasteiger partial charge in [-0.1, -0.05) is 19.6 Å². The van der Waals surface area contributed by atoms with Crippen LogP contribution in [0.1, 0.15) is 29.5 Å². The first kappa shape index (κ1) is 28.9. The lowest BCUT2D eigenvalue weighted by Crippen LogP contribution is -2.41. The largest absolute Gasteiger partial charge is 0.490 e. The second-order valence-electron chi connectivity index (χ2n) is 11.0. The number of likely N-dealkylation sites (tertiary alicyclic amines) is 1. The Bertz CT molecular complexity index is 1270. The third kappa shape index (κ3) is 6.90. The van der Waals surface area contributed by atoms with E-state index >= 15 is 0 Å². The van der Waals surface area contributed by atoms with Crippen molar-refractivity contribution in [2.75, 3.05) is 24.6 Å². The first-order chi connectivity index (χ1) is 18.2. The summed E-state index contributed by atoms with van der Waals surface area (Å²) in [6.07, 6.45) is -4.42. The van der Waals surface area contributed by atoms with E-state index in [0.717, 1.165) is 12.2 Å². The Labute approximate surface area is 223 Å². The summed E-state index contributed by atoms with van der Waals surface area (Å²) in [5.41, 5.74) is -2.46. The number of nitrogens with zero attached hydrogens (tertiary/aromatic N) is 4. The molecule has 9 nitrogen and oxygen atoms in total. The van der Waals surface area contributed by atoms with Crippen LogP contribution in [0.3, 0.4) is 0 Å². The number of aromatic nitrogens is 2. The molecule has 2 aromatic rings. The first-order valence-corrected chi connectivity index (χ1v) is 16.4. The number of anilines is 1. The number of carbonyl (C=O) groups is 1. The molecule has 214 valence electrons. The summed E-state index contributed by atoms with van der Waals surface area (Å²) in [4.78, 5) is 26.5. The number of carboxylic acid groups (broad SMARTS) is 1. The Morgan fingerprint density at radius 1 is 1.18 bits per heavy atom. The van der Waals surface area contributed by atoms with Crippen molar-refractivity contribution >= 4 is 19.9 Å². The highest BCUT2D eigenvalue weighted by atomic mass is 28.3. The van der Waals surface area contributed by atoms with Crippen LogP contribution in [0.4, 0.5) is 28.0 Å². The van der Waals surface area contributed by atoms with Crippen LogP contribution in [0.15, 0.2) is 23.1 Å². The molecule has 0 unspecified atom stereocenters. The second-order valence-corrected chi connectivity index (χ2v) is 16.7. The molecule has 2 aliphatic rings. The zero-order valence-electron chi connectivity index (χ0n) is 22.1. The Hall–Kier alpha value is -3.13. The topological polar surface area (TPSA) is 97.1 Å². The minimum absolute atomic E-state index is 0.0676. The fraction of sp³-hybridized carbons (Fsp3) is 0.560. The number of benzene rings is 1. The smallest absolute Gasteiger partial charge is 0.423 e. The molecule has 3 heterocycles. The number of piperidine rings is 1. The lowest BCUT2D eigenvalue weighted by Gasteiger charge is -2.30. The van der Waals surface area contributed by atoms with E-state index in [9.17, 15) is 27.2 Å². The molecular weight excluding hydrogens is 540 g/mol. The maximum absolute atomic E-state index is 15.0. The summed E-state index contributed by atoms with van der Waals surface area (Å²) in [7, 11) is -1.42. The summed E-state index contributed by atoms with van der Waals surface area (Å²) in [6.45, 7) is 6.67. The molecule has 1 saturated heterocycles. The van der Waals surface area contributed by atoms with Gasteiger partial charge in [-0.2, -0.15) is 18.3 Å². The quantitative estimate of drug-likeness (QED) is 0.277. The van der Waals surface area contributed by atoms with Crippen molar-refractivity contribution in [3.8, 4) is 5.75 Å². The van der Waals surface area contributed by atoms with Gasteiger partial charge in [0, 0.05) is 65.3 Å². The highest BCUT2D eigenvalue weighted by Crippen LogP contribution is 2.39. The van der Waals surface area contributed by atoms with Crippen LogP contribution in [-0.4, -0.2) is 59.8 Å². The van der Waals surface area contributed by atoms with Gasteiger partial charge >= 0.3 is 12.3 Å². The van der Waals surface area contributed by atoms with Crippen LogP contribution in [0, 0.1) is 5.82 Å². The fourth-order valence-electron chi connectivity index (χ4n) is 4.64. The summed E-state index contributed by atoms with van der Waals surface area (Å²) < 4.78 is 69.1. The summed E-state index contributed by atoms with van der Waals surface area (Å²) in [6, 6.07) is 3.55. The normalized spacial score (nSPS) is 16.5. The van der Waals surface area contributed by atoms with E-state index in [2.05, 4.69) is 24.7 Å². The third-order valence-corrected chi connectivity index (χ3v) is 8.55. The van der Waals surface area contributed by atoms with Gasteiger partial charge in [-0.05, 0) is 17.7 Å². The molecule has 0 atom stereocenters. The molecule has 1 amide bonds. The lowest BCUT2D eigenvalue weighted by atomic mass is 10.1. The minimum Gasteiger partial charge on any atom is -0.490 e. The van der Waals surface area contributed by atoms with Gasteiger partial charge in [-0.15, -0.1) is 0 Å². The summed E-state index contributed by atoms with van der Waals surface area (Å²) in [5, 5.41) is 13.0. The van der Waals surface area contributed by atoms with Crippen LogP contribution in [0.5, 0.6) is 5.75 Å². The maximum Gasteiger partial charge on any atom is 0.423 e. The van der Waals surface area contributed by atoms with Crippen LogP contribution in [-0.2, 0) is 30.7 Å². The highest BCUT2D eigenvalue weighted by Gasteiger charge is 2.41. The molecule has 1 N–H and O–H groups in total. The second kappa shape index (κ2) is 11.2. The minimum atomic E-state index is -4.96. The zero-order valence-corrected chi connectivity index (χ0v) is 23.1. The van der Waals surface area contributed by atoms with Crippen molar-refractivity contribution in [1.82, 2.24) is 14.7 Å². The highest BCUT2D eigenvalue weighted by molar-refractivity contribution is 6.76. The summed E-state index contributed by atoms with van der Waals surface area (Å²) >= 11 is 0. The molecule has 4 rings (SSSR count). The van der Waals surface area contributed by atoms with E-state index in [1.165, 1.54) is 15.9 Å². The molecule has 0 spiro atoms. The van der Waals surface area contributed by atoms with Crippen LogP contribution in [0.2, 0.25) is 25.7 Å². The molecule has 0 bridgehead atoms. The van der Waals surface area contributed by atoms with E-state index in [1.807, 2.05) is 0 Å². The molecule has 14 heteroatoms. The monoisotopic (exact) mass is 572 g/mol. The molecule has 39 heavy (non-hydrogen) atoms. The molecule has 1 fully saturated rings. The molecule has 0 aliphatic carbocycles. The average Bonchev–Trinajstić information content (AvgIpc) is 3.26. The lowest BCUT2D eigenvalue weighted by molar-refractivity contribution is -0.138. The Morgan fingerprint density at radius 2 is 1.87 bits per heavy atom. The Morgan fingerprint density at radius 3 is 2.49 bits per heavy atom. The van der Waals surface area contributed by atoms with Gasteiger partial charge in [0.15, 0.2) is 0 Å². The van der Waals surface area contributed by atoms with E-state index in [4.69, 9.17) is 14.6 Å².